The SMILES string of the molecule is Cc1ccn2cc(C(=O)N3CCC(N)C(C)(C)C3)nc2c1. The molecule has 0 radical (unpaired) electrons. The molecule has 5 nitrogen and oxygen atoms in total. The van der Waals surface area contributed by atoms with E-state index in [2.05, 4.69) is 18.8 Å². The number of pyridine rings is 1. The number of imidazole rings is 1. The fourth-order valence-corrected chi connectivity index (χ4v) is 2.90. The van der Waals surface area contributed by atoms with Crippen molar-refractivity contribution < 1.29 is 4.79 Å². The highest BCUT2D eigenvalue weighted by molar-refractivity contribution is 5.93. The molecule has 1 fully saturated rings. The summed E-state index contributed by atoms with van der Waals surface area (Å²) in [6, 6.07) is 4.13. The lowest BCUT2D eigenvalue weighted by Gasteiger charge is -2.42. The van der Waals surface area contributed by atoms with Gasteiger partial charge in [-0.15, -0.1) is 0 Å². The van der Waals surface area contributed by atoms with Gasteiger partial charge in [-0.1, -0.05) is 13.8 Å². The van der Waals surface area contributed by atoms with Crippen molar-refractivity contribution in [2.24, 2.45) is 11.1 Å². The Bertz CT molecular complexity index is 689. The second kappa shape index (κ2) is 4.84. The Labute approximate surface area is 124 Å². The molecule has 1 saturated heterocycles. The maximum Gasteiger partial charge on any atom is 0.274 e. The molecule has 112 valence electrons. The second-order valence-electron chi connectivity index (χ2n) is 6.71. The zero-order valence-electron chi connectivity index (χ0n) is 12.8. The first-order valence-corrected chi connectivity index (χ1v) is 7.37. The fourth-order valence-electron chi connectivity index (χ4n) is 2.90. The van der Waals surface area contributed by atoms with Crippen molar-refractivity contribution >= 4 is 11.6 Å². The molecule has 1 unspecified atom stereocenters. The third-order valence-corrected chi connectivity index (χ3v) is 4.43. The smallest absolute Gasteiger partial charge is 0.274 e. The second-order valence-corrected chi connectivity index (χ2v) is 6.71. The van der Waals surface area contributed by atoms with Gasteiger partial charge in [0.25, 0.3) is 5.91 Å². The molecule has 0 aromatic carbocycles. The van der Waals surface area contributed by atoms with Gasteiger partial charge in [0.05, 0.1) is 0 Å². The highest BCUT2D eigenvalue weighted by atomic mass is 16.2. The number of aromatic nitrogens is 2. The normalized spacial score (nSPS) is 21.7. The van der Waals surface area contributed by atoms with E-state index in [-0.39, 0.29) is 17.4 Å². The number of carbonyl (C=O) groups is 1. The molecular formula is C16H22N4O. The molecule has 2 aromatic rings. The van der Waals surface area contributed by atoms with Crippen LogP contribution < -0.4 is 5.73 Å². The molecule has 0 bridgehead atoms. The molecule has 3 heterocycles. The van der Waals surface area contributed by atoms with E-state index < -0.39 is 0 Å². The van der Waals surface area contributed by atoms with Gasteiger partial charge in [0.1, 0.15) is 11.3 Å². The number of rotatable bonds is 1. The van der Waals surface area contributed by atoms with E-state index in [0.29, 0.717) is 18.8 Å². The van der Waals surface area contributed by atoms with E-state index >= 15 is 0 Å². The van der Waals surface area contributed by atoms with Crippen LogP contribution in [0.15, 0.2) is 24.5 Å². The highest BCUT2D eigenvalue weighted by Gasteiger charge is 2.36. The van der Waals surface area contributed by atoms with Crippen LogP contribution in [0.5, 0.6) is 0 Å². The summed E-state index contributed by atoms with van der Waals surface area (Å²) in [5.41, 5.74) is 8.54. The summed E-state index contributed by atoms with van der Waals surface area (Å²) >= 11 is 0. The van der Waals surface area contributed by atoms with Crippen LogP contribution in [0.2, 0.25) is 0 Å². The Hall–Kier alpha value is -1.88. The summed E-state index contributed by atoms with van der Waals surface area (Å²) in [5.74, 6) is -0.00340. The van der Waals surface area contributed by atoms with Crippen molar-refractivity contribution in [2.45, 2.75) is 33.2 Å². The average molecular weight is 286 g/mol. The Kier molecular flexibility index (Phi) is 3.24. The molecule has 5 heteroatoms. The zero-order chi connectivity index (χ0) is 15.2. The first-order valence-electron chi connectivity index (χ1n) is 7.37. The van der Waals surface area contributed by atoms with Gasteiger partial charge >= 0.3 is 0 Å². The molecule has 21 heavy (non-hydrogen) atoms. The third kappa shape index (κ3) is 2.53. The quantitative estimate of drug-likeness (QED) is 0.870. The number of nitrogens with two attached hydrogens (primary N) is 1. The summed E-state index contributed by atoms with van der Waals surface area (Å²) in [4.78, 5) is 19.0. The van der Waals surface area contributed by atoms with E-state index in [1.165, 1.54) is 0 Å². The van der Waals surface area contributed by atoms with Crippen LogP contribution in [0.25, 0.3) is 5.65 Å². The lowest BCUT2D eigenvalue weighted by molar-refractivity contribution is 0.0528. The maximum absolute atomic E-state index is 12.7. The zero-order valence-corrected chi connectivity index (χ0v) is 12.8. The number of nitrogens with zero attached hydrogens (tertiary/aromatic N) is 3. The van der Waals surface area contributed by atoms with Crippen molar-refractivity contribution in [3.8, 4) is 0 Å². The average Bonchev–Trinajstić information content (AvgIpc) is 2.83. The Morgan fingerprint density at radius 3 is 2.95 bits per heavy atom. The maximum atomic E-state index is 12.7. The minimum absolute atomic E-state index is 0.00340. The van der Waals surface area contributed by atoms with E-state index in [1.54, 1.807) is 6.20 Å². The predicted molar refractivity (Wildman–Crippen MR) is 82.2 cm³/mol. The van der Waals surface area contributed by atoms with Gasteiger partial charge in [-0.3, -0.25) is 4.79 Å². The van der Waals surface area contributed by atoms with Crippen LogP contribution in [0.1, 0.15) is 36.3 Å². The first-order chi connectivity index (χ1) is 9.87. The molecule has 1 aliphatic rings. The number of likely N-dealkylation sites (tertiary alicyclic amines) is 1. The summed E-state index contributed by atoms with van der Waals surface area (Å²) in [5, 5.41) is 0. The van der Waals surface area contributed by atoms with Crippen molar-refractivity contribution in [1.82, 2.24) is 14.3 Å². The van der Waals surface area contributed by atoms with Crippen LogP contribution in [-0.4, -0.2) is 39.3 Å². The van der Waals surface area contributed by atoms with Gasteiger partial charge in [-0.2, -0.15) is 0 Å². The van der Waals surface area contributed by atoms with Gasteiger partial charge in [-0.25, -0.2) is 4.98 Å². The van der Waals surface area contributed by atoms with E-state index in [4.69, 9.17) is 5.73 Å². The molecule has 2 aromatic heterocycles. The predicted octanol–water partition coefficient (Wildman–Crippen LogP) is 1.84. The van der Waals surface area contributed by atoms with E-state index in [0.717, 1.165) is 17.6 Å². The number of carbonyl (C=O) groups excluding carboxylic acids is 1. The number of hydrogen-bond donors (Lipinski definition) is 1. The van der Waals surface area contributed by atoms with E-state index in [9.17, 15) is 4.79 Å². The topological polar surface area (TPSA) is 63.6 Å². The molecular weight excluding hydrogens is 264 g/mol. The van der Waals surface area contributed by atoms with Crippen molar-refractivity contribution in [3.63, 3.8) is 0 Å². The molecule has 0 saturated carbocycles. The molecule has 0 spiro atoms. The number of piperidine rings is 1. The molecule has 1 aliphatic heterocycles. The number of aryl methyl sites for hydroxylation is 1. The Morgan fingerprint density at radius 2 is 2.24 bits per heavy atom. The minimum atomic E-state index is -0.0519. The van der Waals surface area contributed by atoms with Crippen LogP contribution >= 0.6 is 0 Å². The van der Waals surface area contributed by atoms with Crippen molar-refractivity contribution in [2.75, 3.05) is 13.1 Å². The van der Waals surface area contributed by atoms with Crippen LogP contribution in [-0.2, 0) is 0 Å². The van der Waals surface area contributed by atoms with Gasteiger partial charge in [0, 0.05) is 31.5 Å². The number of fused-ring (bicyclic) bond motifs is 1. The van der Waals surface area contributed by atoms with Crippen molar-refractivity contribution in [1.29, 1.82) is 0 Å². The van der Waals surface area contributed by atoms with Gasteiger partial charge in [0.15, 0.2) is 0 Å². The minimum Gasteiger partial charge on any atom is -0.337 e. The molecule has 1 atom stereocenters. The standard InChI is InChI=1S/C16H22N4O/c1-11-4-6-19-9-12(18-14(19)8-11)15(21)20-7-5-13(17)16(2,3)10-20/h4,6,8-9,13H,5,7,10,17H2,1-3H3. The molecule has 2 N–H and O–H groups in total. The summed E-state index contributed by atoms with van der Waals surface area (Å²) < 4.78 is 1.89. The van der Waals surface area contributed by atoms with Crippen molar-refractivity contribution in [3.05, 3.63) is 35.8 Å². The van der Waals surface area contributed by atoms with E-state index in [1.807, 2.05) is 34.6 Å². The molecule has 1 amide bonds. The van der Waals surface area contributed by atoms with Crippen LogP contribution in [0, 0.1) is 12.3 Å². The Balaban J connectivity index is 1.87. The summed E-state index contributed by atoms with van der Waals surface area (Å²) in [7, 11) is 0. The molecule has 0 aliphatic carbocycles. The van der Waals surface area contributed by atoms with Crippen LogP contribution in [0.3, 0.4) is 0 Å². The lowest BCUT2D eigenvalue weighted by atomic mass is 9.79. The fraction of sp³-hybridized carbons (Fsp3) is 0.500. The number of amides is 1. The van der Waals surface area contributed by atoms with Gasteiger partial charge < -0.3 is 15.0 Å². The Morgan fingerprint density at radius 1 is 1.48 bits per heavy atom. The first kappa shape index (κ1) is 14.1. The van der Waals surface area contributed by atoms with Gasteiger partial charge in [-0.05, 0) is 36.5 Å². The van der Waals surface area contributed by atoms with Gasteiger partial charge in [0.2, 0.25) is 0 Å². The largest absolute Gasteiger partial charge is 0.337 e. The lowest BCUT2D eigenvalue weighted by Crippen LogP contribution is -2.54. The monoisotopic (exact) mass is 286 g/mol. The highest BCUT2D eigenvalue weighted by Crippen LogP contribution is 2.28. The molecule has 3 rings (SSSR count). The number of hydrogen-bond acceptors (Lipinski definition) is 3. The summed E-state index contributed by atoms with van der Waals surface area (Å²) in [6.07, 6.45) is 4.58. The third-order valence-electron chi connectivity index (χ3n) is 4.43. The van der Waals surface area contributed by atoms with Crippen LogP contribution in [0.4, 0.5) is 0 Å². The summed E-state index contributed by atoms with van der Waals surface area (Å²) in [6.45, 7) is 7.63.